The zero-order valence-corrected chi connectivity index (χ0v) is 10.8. The number of carbonyl (C=O) groups is 1. The van der Waals surface area contributed by atoms with Gasteiger partial charge in [-0.25, -0.2) is 0 Å². The number of carbonyl (C=O) groups excluding carboxylic acids is 1. The summed E-state index contributed by atoms with van der Waals surface area (Å²) < 4.78 is 0. The van der Waals surface area contributed by atoms with Gasteiger partial charge in [-0.2, -0.15) is 0 Å². The summed E-state index contributed by atoms with van der Waals surface area (Å²) in [6, 6.07) is 7.89. The molecule has 0 aliphatic heterocycles. The number of hydrogen-bond acceptors (Lipinski definition) is 3. The van der Waals surface area contributed by atoms with Gasteiger partial charge in [0.05, 0.1) is 6.42 Å². The van der Waals surface area contributed by atoms with E-state index in [1.165, 1.54) is 0 Å². The Bertz CT molecular complexity index is 363. The van der Waals surface area contributed by atoms with Crippen LogP contribution in [-0.2, 0) is 11.2 Å². The average molecular weight is 235 g/mol. The van der Waals surface area contributed by atoms with E-state index in [1.807, 2.05) is 50.3 Å². The van der Waals surface area contributed by atoms with Gasteiger partial charge in [0.15, 0.2) is 0 Å². The summed E-state index contributed by atoms with van der Waals surface area (Å²) in [6.07, 6.45) is 0.433. The van der Waals surface area contributed by atoms with Crippen LogP contribution >= 0.6 is 0 Å². The Morgan fingerprint density at radius 1 is 1.35 bits per heavy atom. The van der Waals surface area contributed by atoms with Crippen LogP contribution in [0.5, 0.6) is 0 Å². The third-order valence-corrected chi connectivity index (χ3v) is 2.46. The fourth-order valence-corrected chi connectivity index (χ4v) is 1.50. The summed E-state index contributed by atoms with van der Waals surface area (Å²) in [5.41, 5.74) is 2.06. The van der Waals surface area contributed by atoms with E-state index < -0.39 is 0 Å². The lowest BCUT2D eigenvalue weighted by Crippen LogP contribution is -2.32. The smallest absolute Gasteiger partial charge is 0.224 e. The van der Waals surface area contributed by atoms with Crippen LogP contribution in [0.3, 0.4) is 0 Å². The first-order valence-corrected chi connectivity index (χ1v) is 5.80. The molecule has 94 valence electrons. The van der Waals surface area contributed by atoms with Crippen LogP contribution in [0.1, 0.15) is 5.56 Å². The Kier molecular flexibility index (Phi) is 5.49. The number of anilines is 1. The number of amides is 1. The minimum Gasteiger partial charge on any atom is -0.388 e. The highest BCUT2D eigenvalue weighted by Crippen LogP contribution is 2.09. The molecule has 0 heterocycles. The summed E-state index contributed by atoms with van der Waals surface area (Å²) >= 11 is 0. The summed E-state index contributed by atoms with van der Waals surface area (Å²) in [4.78, 5) is 13.7. The first kappa shape index (κ1) is 13.5. The lowest BCUT2D eigenvalue weighted by atomic mass is 10.1. The molecule has 0 saturated heterocycles. The van der Waals surface area contributed by atoms with E-state index in [2.05, 4.69) is 10.6 Å². The van der Waals surface area contributed by atoms with E-state index >= 15 is 0 Å². The van der Waals surface area contributed by atoms with Gasteiger partial charge in [0.1, 0.15) is 0 Å². The lowest BCUT2D eigenvalue weighted by molar-refractivity contribution is -0.120. The second kappa shape index (κ2) is 6.91. The Labute approximate surface area is 103 Å². The monoisotopic (exact) mass is 235 g/mol. The first-order chi connectivity index (χ1) is 8.11. The minimum atomic E-state index is 0.0695. The molecule has 4 heteroatoms. The van der Waals surface area contributed by atoms with Gasteiger partial charge < -0.3 is 15.5 Å². The summed E-state index contributed by atoms with van der Waals surface area (Å²) in [6.45, 7) is 1.56. The van der Waals surface area contributed by atoms with Crippen molar-refractivity contribution in [3.63, 3.8) is 0 Å². The van der Waals surface area contributed by atoms with Crippen LogP contribution in [0, 0.1) is 0 Å². The van der Waals surface area contributed by atoms with E-state index in [4.69, 9.17) is 0 Å². The van der Waals surface area contributed by atoms with E-state index in [0.717, 1.165) is 17.8 Å². The molecule has 0 unspecified atom stereocenters. The number of likely N-dealkylation sites (N-methyl/N-ethyl adjacent to an activating group) is 1. The van der Waals surface area contributed by atoms with Gasteiger partial charge in [-0.15, -0.1) is 0 Å². The summed E-state index contributed by atoms with van der Waals surface area (Å²) in [5, 5.41) is 5.96. The Balaban J connectivity index is 2.39. The molecule has 0 saturated carbocycles. The maximum absolute atomic E-state index is 11.6. The molecule has 0 aliphatic rings. The van der Waals surface area contributed by atoms with Crippen LogP contribution in [0.25, 0.3) is 0 Å². The van der Waals surface area contributed by atoms with Gasteiger partial charge in [-0.1, -0.05) is 12.1 Å². The van der Waals surface area contributed by atoms with Crippen molar-refractivity contribution in [3.8, 4) is 0 Å². The van der Waals surface area contributed by atoms with Crippen molar-refractivity contribution in [2.24, 2.45) is 0 Å². The van der Waals surface area contributed by atoms with Crippen molar-refractivity contribution in [2.75, 3.05) is 39.5 Å². The molecule has 0 spiro atoms. The maximum atomic E-state index is 11.6. The standard InChI is InChI=1S/C13H21N3O/c1-14-12-6-4-5-11(9-12)10-13(17)15-7-8-16(2)3/h4-6,9,14H,7-8,10H2,1-3H3,(H,15,17). The fraction of sp³-hybridized carbons (Fsp3) is 0.462. The second-order valence-electron chi connectivity index (χ2n) is 4.28. The molecule has 1 amide bonds. The number of benzene rings is 1. The number of nitrogens with one attached hydrogen (secondary N) is 2. The van der Waals surface area contributed by atoms with Crippen molar-refractivity contribution in [3.05, 3.63) is 29.8 Å². The van der Waals surface area contributed by atoms with E-state index in [9.17, 15) is 4.79 Å². The largest absolute Gasteiger partial charge is 0.388 e. The van der Waals surface area contributed by atoms with Gasteiger partial charge in [0, 0.05) is 25.8 Å². The Morgan fingerprint density at radius 3 is 2.76 bits per heavy atom. The molecular weight excluding hydrogens is 214 g/mol. The molecule has 0 radical (unpaired) electrons. The second-order valence-corrected chi connectivity index (χ2v) is 4.28. The zero-order valence-electron chi connectivity index (χ0n) is 10.8. The van der Waals surface area contributed by atoms with Gasteiger partial charge in [0.25, 0.3) is 0 Å². The summed E-state index contributed by atoms with van der Waals surface area (Å²) in [7, 11) is 5.85. The van der Waals surface area contributed by atoms with Crippen LogP contribution in [0.15, 0.2) is 24.3 Å². The summed E-state index contributed by atoms with van der Waals surface area (Å²) in [5.74, 6) is 0.0695. The van der Waals surface area contributed by atoms with Crippen LogP contribution in [0.4, 0.5) is 5.69 Å². The molecule has 4 nitrogen and oxygen atoms in total. The van der Waals surface area contributed by atoms with Crippen molar-refractivity contribution in [1.82, 2.24) is 10.2 Å². The molecule has 2 N–H and O–H groups in total. The topological polar surface area (TPSA) is 44.4 Å². The van der Waals surface area contributed by atoms with Crippen molar-refractivity contribution < 1.29 is 4.79 Å². The maximum Gasteiger partial charge on any atom is 0.224 e. The molecule has 17 heavy (non-hydrogen) atoms. The van der Waals surface area contributed by atoms with E-state index in [0.29, 0.717) is 13.0 Å². The zero-order chi connectivity index (χ0) is 12.7. The fourth-order valence-electron chi connectivity index (χ4n) is 1.50. The molecule has 1 aromatic carbocycles. The first-order valence-electron chi connectivity index (χ1n) is 5.80. The van der Waals surface area contributed by atoms with Crippen LogP contribution < -0.4 is 10.6 Å². The molecule has 1 aromatic rings. The molecular formula is C13H21N3O. The highest BCUT2D eigenvalue weighted by atomic mass is 16.1. The minimum absolute atomic E-state index is 0.0695. The molecule has 0 aromatic heterocycles. The normalized spacial score (nSPS) is 10.4. The average Bonchev–Trinajstić information content (AvgIpc) is 2.28. The molecule has 1 rings (SSSR count). The number of nitrogens with zero attached hydrogens (tertiary/aromatic N) is 1. The van der Waals surface area contributed by atoms with Gasteiger partial charge in [0.2, 0.25) is 5.91 Å². The third kappa shape index (κ3) is 5.36. The van der Waals surface area contributed by atoms with Crippen LogP contribution in [0.2, 0.25) is 0 Å². The van der Waals surface area contributed by atoms with Gasteiger partial charge in [-0.3, -0.25) is 4.79 Å². The highest BCUT2D eigenvalue weighted by molar-refractivity contribution is 5.78. The van der Waals surface area contributed by atoms with Crippen LogP contribution in [-0.4, -0.2) is 45.0 Å². The Morgan fingerprint density at radius 2 is 2.12 bits per heavy atom. The van der Waals surface area contributed by atoms with Crippen molar-refractivity contribution in [1.29, 1.82) is 0 Å². The quantitative estimate of drug-likeness (QED) is 0.771. The van der Waals surface area contributed by atoms with E-state index in [1.54, 1.807) is 0 Å². The highest BCUT2D eigenvalue weighted by Gasteiger charge is 2.03. The Hall–Kier alpha value is -1.55. The predicted octanol–water partition coefficient (Wildman–Crippen LogP) is 0.949. The lowest BCUT2D eigenvalue weighted by Gasteiger charge is -2.10. The number of hydrogen-bond donors (Lipinski definition) is 2. The molecule has 0 bridgehead atoms. The van der Waals surface area contributed by atoms with Gasteiger partial charge in [-0.05, 0) is 31.8 Å². The molecule has 0 atom stereocenters. The third-order valence-electron chi connectivity index (χ3n) is 2.46. The van der Waals surface area contributed by atoms with Gasteiger partial charge >= 0.3 is 0 Å². The van der Waals surface area contributed by atoms with Crippen molar-refractivity contribution >= 4 is 11.6 Å². The molecule has 0 aliphatic carbocycles. The van der Waals surface area contributed by atoms with Crippen molar-refractivity contribution in [2.45, 2.75) is 6.42 Å². The molecule has 0 fully saturated rings. The number of rotatable bonds is 6. The van der Waals surface area contributed by atoms with E-state index in [-0.39, 0.29) is 5.91 Å². The SMILES string of the molecule is CNc1cccc(CC(=O)NCCN(C)C)c1. The predicted molar refractivity (Wildman–Crippen MR) is 71.3 cm³/mol.